The topological polar surface area (TPSA) is 35.0 Å². The number of halogens is 1. The molecule has 13 heavy (non-hydrogen) atoms. The lowest BCUT2D eigenvalue weighted by Crippen LogP contribution is -2.07. The highest BCUT2D eigenvalue weighted by molar-refractivity contribution is 6.29. The van der Waals surface area contributed by atoms with Gasteiger partial charge in [0, 0.05) is 6.07 Å². The van der Waals surface area contributed by atoms with Crippen LogP contribution in [0, 0.1) is 5.92 Å². The van der Waals surface area contributed by atoms with Crippen LogP contribution in [-0.4, -0.2) is 16.8 Å². The second kappa shape index (κ2) is 5.02. The SMILES string of the molecule is CC[C@H](C)COc1cnnc(Cl)c1. The summed E-state index contributed by atoms with van der Waals surface area (Å²) in [6, 6.07) is 1.66. The zero-order valence-corrected chi connectivity index (χ0v) is 8.58. The summed E-state index contributed by atoms with van der Waals surface area (Å²) < 4.78 is 5.45. The molecular weight excluding hydrogens is 188 g/mol. The van der Waals surface area contributed by atoms with Crippen LogP contribution in [0.5, 0.6) is 5.75 Å². The summed E-state index contributed by atoms with van der Waals surface area (Å²) in [5.74, 6) is 1.23. The van der Waals surface area contributed by atoms with Crippen molar-refractivity contribution in [3.05, 3.63) is 17.4 Å². The molecule has 0 aliphatic heterocycles. The summed E-state index contributed by atoms with van der Waals surface area (Å²) in [5.41, 5.74) is 0. The van der Waals surface area contributed by atoms with Gasteiger partial charge in [0.2, 0.25) is 0 Å². The smallest absolute Gasteiger partial charge is 0.155 e. The largest absolute Gasteiger partial charge is 0.492 e. The highest BCUT2D eigenvalue weighted by Gasteiger charge is 2.01. The van der Waals surface area contributed by atoms with E-state index < -0.39 is 0 Å². The second-order valence-corrected chi connectivity index (χ2v) is 3.43. The first-order valence-corrected chi connectivity index (χ1v) is 4.71. The van der Waals surface area contributed by atoms with Crippen LogP contribution in [0.1, 0.15) is 20.3 Å². The lowest BCUT2D eigenvalue weighted by atomic mass is 10.1. The molecule has 0 unspecified atom stereocenters. The van der Waals surface area contributed by atoms with Crippen LogP contribution in [0.3, 0.4) is 0 Å². The number of ether oxygens (including phenoxy) is 1. The zero-order chi connectivity index (χ0) is 9.68. The van der Waals surface area contributed by atoms with E-state index in [0.29, 0.717) is 23.4 Å². The minimum Gasteiger partial charge on any atom is -0.492 e. The molecule has 0 amide bonds. The fourth-order valence-corrected chi connectivity index (χ4v) is 0.911. The van der Waals surface area contributed by atoms with Crippen LogP contribution in [0.4, 0.5) is 0 Å². The van der Waals surface area contributed by atoms with Gasteiger partial charge in [0.05, 0.1) is 12.8 Å². The van der Waals surface area contributed by atoms with E-state index in [-0.39, 0.29) is 0 Å². The Morgan fingerprint density at radius 1 is 1.62 bits per heavy atom. The zero-order valence-electron chi connectivity index (χ0n) is 7.83. The Labute approximate surface area is 83.1 Å². The van der Waals surface area contributed by atoms with Gasteiger partial charge in [0.25, 0.3) is 0 Å². The molecule has 0 aliphatic carbocycles. The minimum atomic E-state index is 0.363. The van der Waals surface area contributed by atoms with E-state index in [9.17, 15) is 0 Å². The van der Waals surface area contributed by atoms with Gasteiger partial charge >= 0.3 is 0 Å². The van der Waals surface area contributed by atoms with E-state index in [1.54, 1.807) is 12.3 Å². The minimum absolute atomic E-state index is 0.363. The maximum atomic E-state index is 5.64. The quantitative estimate of drug-likeness (QED) is 0.750. The highest BCUT2D eigenvalue weighted by atomic mass is 35.5. The molecule has 4 heteroatoms. The van der Waals surface area contributed by atoms with Gasteiger partial charge in [-0.1, -0.05) is 31.9 Å². The third-order valence-corrected chi connectivity index (χ3v) is 2.02. The molecule has 1 heterocycles. The summed E-state index contributed by atoms with van der Waals surface area (Å²) in [6.45, 7) is 4.96. The maximum Gasteiger partial charge on any atom is 0.155 e. The average Bonchev–Trinajstić information content (AvgIpc) is 2.14. The molecule has 0 saturated heterocycles. The molecular formula is C9H13ClN2O. The van der Waals surface area contributed by atoms with E-state index in [1.165, 1.54) is 0 Å². The predicted octanol–water partition coefficient (Wildman–Crippen LogP) is 2.55. The summed E-state index contributed by atoms with van der Waals surface area (Å²) in [4.78, 5) is 0. The van der Waals surface area contributed by atoms with Crippen molar-refractivity contribution in [3.8, 4) is 5.75 Å². The molecule has 0 bridgehead atoms. The van der Waals surface area contributed by atoms with Crippen LogP contribution in [0.25, 0.3) is 0 Å². The Morgan fingerprint density at radius 2 is 2.38 bits per heavy atom. The normalized spacial score (nSPS) is 12.5. The summed E-state index contributed by atoms with van der Waals surface area (Å²) in [6.07, 6.45) is 2.67. The molecule has 1 aromatic rings. The standard InChI is InChI=1S/C9H13ClN2O/c1-3-7(2)6-13-8-4-9(10)12-11-5-8/h4-5,7H,3,6H2,1-2H3/t7-/m0/s1. The van der Waals surface area contributed by atoms with Crippen molar-refractivity contribution < 1.29 is 4.74 Å². The third kappa shape index (κ3) is 3.59. The van der Waals surface area contributed by atoms with Gasteiger partial charge in [-0.2, -0.15) is 5.10 Å². The van der Waals surface area contributed by atoms with Crippen LogP contribution in [-0.2, 0) is 0 Å². The lowest BCUT2D eigenvalue weighted by Gasteiger charge is -2.09. The Bertz CT molecular complexity index is 268. The Kier molecular flexibility index (Phi) is 3.96. The first kappa shape index (κ1) is 10.3. The fraction of sp³-hybridized carbons (Fsp3) is 0.556. The molecule has 0 radical (unpaired) electrons. The number of rotatable bonds is 4. The highest BCUT2D eigenvalue weighted by Crippen LogP contribution is 2.14. The van der Waals surface area contributed by atoms with E-state index in [0.717, 1.165) is 6.42 Å². The van der Waals surface area contributed by atoms with Crippen molar-refractivity contribution in [2.24, 2.45) is 5.92 Å². The van der Waals surface area contributed by atoms with Crippen LogP contribution < -0.4 is 4.74 Å². The van der Waals surface area contributed by atoms with Gasteiger partial charge in [0.1, 0.15) is 5.75 Å². The summed E-state index contributed by atoms with van der Waals surface area (Å²) in [7, 11) is 0. The molecule has 1 atom stereocenters. The maximum absolute atomic E-state index is 5.64. The predicted molar refractivity (Wildman–Crippen MR) is 52.0 cm³/mol. The lowest BCUT2D eigenvalue weighted by molar-refractivity contribution is 0.255. The molecule has 1 aromatic heterocycles. The Balaban J connectivity index is 2.45. The van der Waals surface area contributed by atoms with Gasteiger partial charge < -0.3 is 4.74 Å². The molecule has 0 spiro atoms. The van der Waals surface area contributed by atoms with Crippen molar-refractivity contribution in [1.29, 1.82) is 0 Å². The number of aromatic nitrogens is 2. The summed E-state index contributed by atoms with van der Waals surface area (Å²) in [5, 5.41) is 7.67. The van der Waals surface area contributed by atoms with Crippen molar-refractivity contribution in [3.63, 3.8) is 0 Å². The first-order chi connectivity index (χ1) is 6.22. The van der Waals surface area contributed by atoms with E-state index in [2.05, 4.69) is 24.0 Å². The summed E-state index contributed by atoms with van der Waals surface area (Å²) >= 11 is 5.64. The van der Waals surface area contributed by atoms with Crippen molar-refractivity contribution in [1.82, 2.24) is 10.2 Å². The number of hydrogen-bond donors (Lipinski definition) is 0. The third-order valence-electron chi connectivity index (χ3n) is 1.83. The fourth-order valence-electron chi connectivity index (χ4n) is 0.760. The van der Waals surface area contributed by atoms with Gasteiger partial charge in [-0.25, -0.2) is 0 Å². The second-order valence-electron chi connectivity index (χ2n) is 3.04. The molecule has 72 valence electrons. The van der Waals surface area contributed by atoms with Crippen molar-refractivity contribution in [2.45, 2.75) is 20.3 Å². The average molecular weight is 201 g/mol. The number of nitrogens with zero attached hydrogens (tertiary/aromatic N) is 2. The van der Waals surface area contributed by atoms with Crippen molar-refractivity contribution >= 4 is 11.6 Å². The van der Waals surface area contributed by atoms with E-state index in [1.807, 2.05) is 0 Å². The van der Waals surface area contributed by atoms with Gasteiger partial charge in [-0.3, -0.25) is 0 Å². The van der Waals surface area contributed by atoms with Crippen LogP contribution in [0.2, 0.25) is 5.15 Å². The molecule has 1 rings (SSSR count). The van der Waals surface area contributed by atoms with Gasteiger partial charge in [-0.15, -0.1) is 5.10 Å². The van der Waals surface area contributed by atoms with Crippen molar-refractivity contribution in [2.75, 3.05) is 6.61 Å². The first-order valence-electron chi connectivity index (χ1n) is 4.33. The van der Waals surface area contributed by atoms with Crippen LogP contribution >= 0.6 is 11.6 Å². The monoisotopic (exact) mass is 200 g/mol. The van der Waals surface area contributed by atoms with E-state index in [4.69, 9.17) is 16.3 Å². The molecule has 0 saturated carbocycles. The van der Waals surface area contributed by atoms with E-state index >= 15 is 0 Å². The molecule has 0 aromatic carbocycles. The molecule has 3 nitrogen and oxygen atoms in total. The number of hydrogen-bond acceptors (Lipinski definition) is 3. The molecule has 0 fully saturated rings. The van der Waals surface area contributed by atoms with Gasteiger partial charge in [-0.05, 0) is 5.92 Å². The Morgan fingerprint density at radius 3 is 3.00 bits per heavy atom. The Hall–Kier alpha value is -0.830. The molecule has 0 N–H and O–H groups in total. The van der Waals surface area contributed by atoms with Gasteiger partial charge in [0.15, 0.2) is 5.15 Å². The molecule has 0 aliphatic rings. The van der Waals surface area contributed by atoms with Crippen LogP contribution in [0.15, 0.2) is 12.3 Å².